The van der Waals surface area contributed by atoms with Crippen molar-refractivity contribution in [1.82, 2.24) is 14.8 Å². The van der Waals surface area contributed by atoms with Gasteiger partial charge in [0.2, 0.25) is 0 Å². The lowest BCUT2D eigenvalue weighted by Crippen LogP contribution is -2.06. The highest BCUT2D eigenvalue weighted by Crippen LogP contribution is 2.12. The summed E-state index contributed by atoms with van der Waals surface area (Å²) in [6.45, 7) is 1.28. The first-order chi connectivity index (χ1) is 8.29. The van der Waals surface area contributed by atoms with Crippen LogP contribution in [0, 0.1) is 0 Å². The molecule has 5 heteroatoms. The van der Waals surface area contributed by atoms with E-state index in [1.807, 2.05) is 25.2 Å². The first kappa shape index (κ1) is 11.6. The lowest BCUT2D eigenvalue weighted by Gasteiger charge is -2.07. The minimum Gasteiger partial charge on any atom is -0.380 e. The van der Waals surface area contributed by atoms with Gasteiger partial charge in [0.1, 0.15) is 12.2 Å². The van der Waals surface area contributed by atoms with Crippen molar-refractivity contribution in [1.29, 1.82) is 0 Å². The van der Waals surface area contributed by atoms with Crippen molar-refractivity contribution >= 4 is 5.69 Å². The lowest BCUT2D eigenvalue weighted by molar-refractivity contribution is 0.185. The van der Waals surface area contributed by atoms with Crippen LogP contribution < -0.4 is 5.32 Å². The van der Waals surface area contributed by atoms with Crippen LogP contribution in [0.1, 0.15) is 11.4 Å². The normalized spacial score (nSPS) is 10.5. The number of ether oxygens (including phenoxy) is 1. The van der Waals surface area contributed by atoms with Crippen molar-refractivity contribution in [3.8, 4) is 0 Å². The molecule has 0 atom stereocenters. The molecule has 0 amide bonds. The van der Waals surface area contributed by atoms with E-state index >= 15 is 0 Å². The standard InChI is InChI=1S/C12H16N4O/c1-16-12(14-9-15-16)7-13-11-5-3-4-10(6-11)8-17-2/h3-6,9,13H,7-8H2,1-2H3. The molecule has 17 heavy (non-hydrogen) atoms. The Morgan fingerprint density at radius 2 is 2.29 bits per heavy atom. The van der Waals surface area contributed by atoms with Gasteiger partial charge in [0.15, 0.2) is 0 Å². The minimum atomic E-state index is 0.624. The zero-order valence-corrected chi connectivity index (χ0v) is 10.1. The minimum absolute atomic E-state index is 0.624. The molecule has 0 unspecified atom stereocenters. The van der Waals surface area contributed by atoms with Crippen LogP contribution in [0.2, 0.25) is 0 Å². The van der Waals surface area contributed by atoms with Crippen LogP contribution in [-0.4, -0.2) is 21.9 Å². The van der Waals surface area contributed by atoms with Gasteiger partial charge in [-0.05, 0) is 17.7 Å². The van der Waals surface area contributed by atoms with Crippen molar-refractivity contribution in [2.75, 3.05) is 12.4 Å². The maximum atomic E-state index is 5.10. The number of hydrogen-bond acceptors (Lipinski definition) is 4. The van der Waals surface area contributed by atoms with Crippen LogP contribution in [-0.2, 0) is 24.9 Å². The van der Waals surface area contributed by atoms with Gasteiger partial charge in [0.05, 0.1) is 13.2 Å². The molecule has 0 aliphatic rings. The van der Waals surface area contributed by atoms with Crippen molar-refractivity contribution < 1.29 is 4.74 Å². The monoisotopic (exact) mass is 232 g/mol. The quantitative estimate of drug-likeness (QED) is 0.850. The molecule has 1 N–H and O–H groups in total. The van der Waals surface area contributed by atoms with Gasteiger partial charge < -0.3 is 10.1 Å². The maximum Gasteiger partial charge on any atom is 0.145 e. The van der Waals surface area contributed by atoms with Crippen molar-refractivity contribution in [3.63, 3.8) is 0 Å². The first-order valence-electron chi connectivity index (χ1n) is 5.44. The number of nitrogens with zero attached hydrogens (tertiary/aromatic N) is 3. The van der Waals surface area contributed by atoms with Crippen LogP contribution >= 0.6 is 0 Å². The number of anilines is 1. The molecule has 0 radical (unpaired) electrons. The molecule has 2 rings (SSSR count). The number of aryl methyl sites for hydroxylation is 1. The molecule has 90 valence electrons. The lowest BCUT2D eigenvalue weighted by atomic mass is 10.2. The molecular formula is C12H16N4O. The van der Waals surface area contributed by atoms with Crippen molar-refractivity contribution in [3.05, 3.63) is 42.0 Å². The molecule has 2 aromatic rings. The van der Waals surface area contributed by atoms with Crippen molar-refractivity contribution in [2.45, 2.75) is 13.2 Å². The fraction of sp³-hybridized carbons (Fsp3) is 0.333. The van der Waals surface area contributed by atoms with E-state index in [-0.39, 0.29) is 0 Å². The largest absolute Gasteiger partial charge is 0.380 e. The van der Waals surface area contributed by atoms with Gasteiger partial charge in [-0.15, -0.1) is 0 Å². The number of benzene rings is 1. The second-order valence-electron chi connectivity index (χ2n) is 3.79. The van der Waals surface area contributed by atoms with Gasteiger partial charge in [0.25, 0.3) is 0 Å². The highest BCUT2D eigenvalue weighted by atomic mass is 16.5. The number of hydrogen-bond donors (Lipinski definition) is 1. The average molecular weight is 232 g/mol. The van der Waals surface area contributed by atoms with Crippen molar-refractivity contribution in [2.24, 2.45) is 7.05 Å². The Hall–Kier alpha value is -1.88. The predicted molar refractivity (Wildman–Crippen MR) is 65.5 cm³/mol. The zero-order chi connectivity index (χ0) is 12.1. The number of nitrogens with one attached hydrogen (secondary N) is 1. The maximum absolute atomic E-state index is 5.10. The van der Waals surface area contributed by atoms with Crippen LogP contribution in [0.5, 0.6) is 0 Å². The van der Waals surface area contributed by atoms with Crippen LogP contribution in [0.3, 0.4) is 0 Å². The van der Waals surface area contributed by atoms with E-state index in [0.717, 1.165) is 17.1 Å². The topological polar surface area (TPSA) is 52.0 Å². The Morgan fingerprint density at radius 1 is 1.41 bits per heavy atom. The summed E-state index contributed by atoms with van der Waals surface area (Å²) in [4.78, 5) is 4.15. The summed E-state index contributed by atoms with van der Waals surface area (Å²) in [5.74, 6) is 0.905. The Balaban J connectivity index is 1.99. The first-order valence-corrected chi connectivity index (χ1v) is 5.44. The summed E-state index contributed by atoms with van der Waals surface area (Å²) < 4.78 is 6.85. The molecule has 0 spiro atoms. The molecule has 0 bridgehead atoms. The molecule has 1 heterocycles. The summed E-state index contributed by atoms with van der Waals surface area (Å²) in [6.07, 6.45) is 1.55. The molecule has 0 fully saturated rings. The van der Waals surface area contributed by atoms with Crippen LogP contribution in [0.25, 0.3) is 0 Å². The van der Waals surface area contributed by atoms with E-state index in [4.69, 9.17) is 4.74 Å². The van der Waals surface area contributed by atoms with E-state index < -0.39 is 0 Å². The Labute approximate surface area is 100 Å². The Morgan fingerprint density at radius 3 is 3.00 bits per heavy atom. The second kappa shape index (κ2) is 5.45. The van der Waals surface area contributed by atoms with Crippen LogP contribution in [0.4, 0.5) is 5.69 Å². The third-order valence-electron chi connectivity index (χ3n) is 2.49. The van der Waals surface area contributed by atoms with Crippen LogP contribution in [0.15, 0.2) is 30.6 Å². The smallest absolute Gasteiger partial charge is 0.145 e. The van der Waals surface area contributed by atoms with Gasteiger partial charge >= 0.3 is 0 Å². The zero-order valence-electron chi connectivity index (χ0n) is 10.1. The van der Waals surface area contributed by atoms with E-state index in [1.54, 1.807) is 18.1 Å². The third-order valence-corrected chi connectivity index (χ3v) is 2.49. The highest BCUT2D eigenvalue weighted by molar-refractivity contribution is 5.45. The average Bonchev–Trinajstić information content (AvgIpc) is 2.73. The predicted octanol–water partition coefficient (Wildman–Crippen LogP) is 1.57. The third kappa shape index (κ3) is 3.04. The molecular weight excluding hydrogens is 216 g/mol. The van der Waals surface area contributed by atoms with E-state index in [2.05, 4.69) is 21.5 Å². The summed E-state index contributed by atoms with van der Waals surface area (Å²) in [7, 11) is 3.57. The molecule has 0 saturated heterocycles. The summed E-state index contributed by atoms with van der Waals surface area (Å²) in [6, 6.07) is 8.14. The van der Waals surface area contributed by atoms with Gasteiger partial charge in [-0.2, -0.15) is 5.10 Å². The molecule has 0 aliphatic heterocycles. The fourth-order valence-electron chi connectivity index (χ4n) is 1.60. The van der Waals surface area contributed by atoms with E-state index in [1.165, 1.54) is 0 Å². The van der Waals surface area contributed by atoms with Gasteiger partial charge in [-0.1, -0.05) is 12.1 Å². The molecule has 1 aromatic carbocycles. The number of methoxy groups -OCH3 is 1. The summed E-state index contributed by atoms with van der Waals surface area (Å²) >= 11 is 0. The van der Waals surface area contributed by atoms with Gasteiger partial charge in [-0.25, -0.2) is 4.98 Å². The number of aromatic nitrogens is 3. The molecule has 1 aromatic heterocycles. The van der Waals surface area contributed by atoms with Gasteiger partial charge in [-0.3, -0.25) is 4.68 Å². The van der Waals surface area contributed by atoms with E-state index in [9.17, 15) is 0 Å². The Bertz CT molecular complexity index is 481. The number of rotatable bonds is 5. The molecule has 0 aliphatic carbocycles. The summed E-state index contributed by atoms with van der Waals surface area (Å²) in [5.41, 5.74) is 2.21. The Kier molecular flexibility index (Phi) is 3.72. The van der Waals surface area contributed by atoms with E-state index in [0.29, 0.717) is 13.2 Å². The molecule has 5 nitrogen and oxygen atoms in total. The fourth-order valence-corrected chi connectivity index (χ4v) is 1.60. The van der Waals surface area contributed by atoms with Gasteiger partial charge in [0, 0.05) is 19.8 Å². The second-order valence-corrected chi connectivity index (χ2v) is 3.79. The molecule has 0 saturated carbocycles. The summed E-state index contributed by atoms with van der Waals surface area (Å²) in [5, 5.41) is 7.33. The SMILES string of the molecule is COCc1cccc(NCc2ncnn2C)c1. The highest BCUT2D eigenvalue weighted by Gasteiger charge is 2.00.